The lowest BCUT2D eigenvalue weighted by molar-refractivity contribution is 0.484. The van der Waals surface area contributed by atoms with Crippen LogP contribution in [0.1, 0.15) is 42.8 Å². The van der Waals surface area contributed by atoms with Crippen molar-refractivity contribution in [3.05, 3.63) is 78.1 Å². The fourth-order valence-corrected chi connectivity index (χ4v) is 2.55. The zero-order chi connectivity index (χ0) is 16.1. The standard InChI is InChI=1S/C18H21N5/c1-14(22-15(2)18-11-19-8-9-20-18)17-10-21-23(13-17)12-16-6-4-3-5-7-16/h3-11,13-15,22H,12H2,1-2H3. The van der Waals surface area contributed by atoms with Crippen LogP contribution in [0, 0.1) is 0 Å². The van der Waals surface area contributed by atoms with E-state index in [0.717, 1.165) is 17.8 Å². The number of rotatable bonds is 6. The van der Waals surface area contributed by atoms with Crippen molar-refractivity contribution in [3.8, 4) is 0 Å². The first-order valence-electron chi connectivity index (χ1n) is 7.80. The summed E-state index contributed by atoms with van der Waals surface area (Å²) < 4.78 is 1.97. The van der Waals surface area contributed by atoms with Crippen LogP contribution in [0.3, 0.4) is 0 Å². The Bertz CT molecular complexity index is 723. The van der Waals surface area contributed by atoms with Gasteiger partial charge in [-0.2, -0.15) is 5.10 Å². The minimum Gasteiger partial charge on any atom is -0.302 e. The molecule has 2 atom stereocenters. The summed E-state index contributed by atoms with van der Waals surface area (Å²) in [6.07, 6.45) is 9.21. The van der Waals surface area contributed by atoms with E-state index in [0.29, 0.717) is 0 Å². The highest BCUT2D eigenvalue weighted by molar-refractivity contribution is 5.16. The van der Waals surface area contributed by atoms with E-state index in [1.165, 1.54) is 5.56 Å². The van der Waals surface area contributed by atoms with Crippen LogP contribution >= 0.6 is 0 Å². The monoisotopic (exact) mass is 307 g/mol. The topological polar surface area (TPSA) is 55.6 Å². The van der Waals surface area contributed by atoms with Crippen molar-refractivity contribution < 1.29 is 0 Å². The largest absolute Gasteiger partial charge is 0.302 e. The second-order valence-electron chi connectivity index (χ2n) is 5.70. The zero-order valence-corrected chi connectivity index (χ0v) is 13.4. The maximum atomic E-state index is 4.46. The molecule has 0 aliphatic rings. The first-order chi connectivity index (χ1) is 11.2. The average molecular weight is 307 g/mol. The molecule has 0 aliphatic heterocycles. The molecule has 2 aromatic heterocycles. The molecule has 0 spiro atoms. The van der Waals surface area contributed by atoms with Gasteiger partial charge in [0.1, 0.15) is 0 Å². The fraction of sp³-hybridized carbons (Fsp3) is 0.278. The molecule has 118 valence electrons. The summed E-state index contributed by atoms with van der Waals surface area (Å²) >= 11 is 0. The lowest BCUT2D eigenvalue weighted by Gasteiger charge is -2.18. The van der Waals surface area contributed by atoms with E-state index in [4.69, 9.17) is 0 Å². The fourth-order valence-electron chi connectivity index (χ4n) is 2.55. The van der Waals surface area contributed by atoms with Crippen molar-refractivity contribution in [1.29, 1.82) is 0 Å². The highest BCUT2D eigenvalue weighted by Gasteiger charge is 2.13. The third-order valence-electron chi connectivity index (χ3n) is 3.87. The molecule has 0 saturated carbocycles. The summed E-state index contributed by atoms with van der Waals surface area (Å²) in [4.78, 5) is 8.46. The molecule has 0 aliphatic carbocycles. The predicted octanol–water partition coefficient (Wildman–Crippen LogP) is 3.13. The van der Waals surface area contributed by atoms with E-state index in [1.807, 2.05) is 29.1 Å². The smallest absolute Gasteiger partial charge is 0.0753 e. The quantitative estimate of drug-likeness (QED) is 0.760. The van der Waals surface area contributed by atoms with Gasteiger partial charge in [-0.25, -0.2) is 0 Å². The Morgan fingerprint density at radius 3 is 2.61 bits per heavy atom. The summed E-state index contributed by atoms with van der Waals surface area (Å²) in [5, 5.41) is 8.00. The third-order valence-corrected chi connectivity index (χ3v) is 3.87. The molecule has 2 heterocycles. The Kier molecular flexibility index (Phi) is 4.78. The van der Waals surface area contributed by atoms with E-state index < -0.39 is 0 Å². The lowest BCUT2D eigenvalue weighted by Crippen LogP contribution is -2.23. The molecule has 0 fully saturated rings. The van der Waals surface area contributed by atoms with Crippen molar-refractivity contribution in [1.82, 2.24) is 25.1 Å². The van der Waals surface area contributed by atoms with Crippen LogP contribution in [0.5, 0.6) is 0 Å². The van der Waals surface area contributed by atoms with Crippen LogP contribution in [-0.4, -0.2) is 19.7 Å². The maximum Gasteiger partial charge on any atom is 0.0753 e. The normalized spacial score (nSPS) is 13.7. The Hall–Kier alpha value is -2.53. The lowest BCUT2D eigenvalue weighted by atomic mass is 10.1. The van der Waals surface area contributed by atoms with Gasteiger partial charge in [0.25, 0.3) is 0 Å². The molecule has 1 aromatic carbocycles. The zero-order valence-electron chi connectivity index (χ0n) is 13.4. The SMILES string of the molecule is CC(NC(C)c1cnccn1)c1cnn(Cc2ccccc2)c1. The molecule has 3 rings (SSSR count). The molecular weight excluding hydrogens is 286 g/mol. The minimum absolute atomic E-state index is 0.135. The molecule has 0 saturated heterocycles. The van der Waals surface area contributed by atoms with Gasteiger partial charge in [0.2, 0.25) is 0 Å². The summed E-state index contributed by atoms with van der Waals surface area (Å²) in [6.45, 7) is 5.01. The van der Waals surface area contributed by atoms with Crippen molar-refractivity contribution >= 4 is 0 Å². The van der Waals surface area contributed by atoms with E-state index in [-0.39, 0.29) is 12.1 Å². The molecule has 3 aromatic rings. The van der Waals surface area contributed by atoms with Crippen LogP contribution < -0.4 is 5.32 Å². The Balaban J connectivity index is 1.63. The molecule has 23 heavy (non-hydrogen) atoms. The molecule has 2 unspecified atom stereocenters. The van der Waals surface area contributed by atoms with Gasteiger partial charge >= 0.3 is 0 Å². The average Bonchev–Trinajstić information content (AvgIpc) is 3.05. The number of benzene rings is 1. The van der Waals surface area contributed by atoms with Crippen molar-refractivity contribution in [3.63, 3.8) is 0 Å². The molecule has 0 radical (unpaired) electrons. The molecular formula is C18H21N5. The molecule has 0 amide bonds. The summed E-state index contributed by atoms with van der Waals surface area (Å²) in [5.41, 5.74) is 3.35. The van der Waals surface area contributed by atoms with Gasteiger partial charge in [-0.1, -0.05) is 30.3 Å². The maximum absolute atomic E-state index is 4.46. The van der Waals surface area contributed by atoms with Gasteiger partial charge in [-0.3, -0.25) is 14.6 Å². The highest BCUT2D eigenvalue weighted by atomic mass is 15.3. The third kappa shape index (κ3) is 4.02. The molecule has 5 nitrogen and oxygen atoms in total. The van der Waals surface area contributed by atoms with E-state index in [1.54, 1.807) is 18.6 Å². The highest BCUT2D eigenvalue weighted by Crippen LogP contribution is 2.17. The summed E-state index contributed by atoms with van der Waals surface area (Å²) in [6, 6.07) is 10.7. The first-order valence-corrected chi connectivity index (χ1v) is 7.80. The Morgan fingerprint density at radius 1 is 1.04 bits per heavy atom. The van der Waals surface area contributed by atoms with Crippen LogP contribution in [0.25, 0.3) is 0 Å². The van der Waals surface area contributed by atoms with E-state index in [9.17, 15) is 0 Å². The van der Waals surface area contributed by atoms with Crippen LogP contribution in [0.2, 0.25) is 0 Å². The van der Waals surface area contributed by atoms with Gasteiger partial charge in [0.05, 0.1) is 18.4 Å². The Morgan fingerprint density at radius 2 is 1.87 bits per heavy atom. The summed E-state index contributed by atoms with van der Waals surface area (Å²) in [7, 11) is 0. The summed E-state index contributed by atoms with van der Waals surface area (Å²) in [5.74, 6) is 0. The van der Waals surface area contributed by atoms with Crippen molar-refractivity contribution in [2.45, 2.75) is 32.5 Å². The Labute approximate surface area is 136 Å². The first kappa shape index (κ1) is 15.4. The number of hydrogen-bond donors (Lipinski definition) is 1. The molecule has 0 bridgehead atoms. The van der Waals surface area contributed by atoms with Gasteiger partial charge in [0, 0.05) is 42.4 Å². The number of nitrogens with zero attached hydrogens (tertiary/aromatic N) is 4. The van der Waals surface area contributed by atoms with Gasteiger partial charge in [-0.15, -0.1) is 0 Å². The van der Waals surface area contributed by atoms with Gasteiger partial charge < -0.3 is 5.32 Å². The second kappa shape index (κ2) is 7.15. The van der Waals surface area contributed by atoms with Crippen LogP contribution in [0.15, 0.2) is 61.3 Å². The minimum atomic E-state index is 0.135. The second-order valence-corrected chi connectivity index (χ2v) is 5.70. The van der Waals surface area contributed by atoms with Gasteiger partial charge in [-0.05, 0) is 19.4 Å². The van der Waals surface area contributed by atoms with Crippen molar-refractivity contribution in [2.75, 3.05) is 0 Å². The number of aromatic nitrogens is 4. The van der Waals surface area contributed by atoms with Crippen LogP contribution in [0.4, 0.5) is 0 Å². The number of hydrogen-bond acceptors (Lipinski definition) is 4. The predicted molar refractivity (Wildman–Crippen MR) is 89.8 cm³/mol. The van der Waals surface area contributed by atoms with Crippen LogP contribution in [-0.2, 0) is 6.54 Å². The van der Waals surface area contributed by atoms with E-state index >= 15 is 0 Å². The van der Waals surface area contributed by atoms with Gasteiger partial charge in [0.15, 0.2) is 0 Å². The molecule has 1 N–H and O–H groups in total. The van der Waals surface area contributed by atoms with E-state index in [2.05, 4.69) is 52.6 Å². The van der Waals surface area contributed by atoms with Crippen molar-refractivity contribution in [2.24, 2.45) is 0 Å². The molecule has 5 heteroatoms. The number of nitrogens with one attached hydrogen (secondary N) is 1.